The van der Waals surface area contributed by atoms with Crippen molar-refractivity contribution >= 4 is 25.5 Å². The van der Waals surface area contributed by atoms with Gasteiger partial charge in [-0.3, -0.25) is 23.4 Å². The van der Waals surface area contributed by atoms with Crippen LogP contribution in [0.3, 0.4) is 0 Å². The van der Waals surface area contributed by atoms with E-state index in [9.17, 15) is 23.8 Å². The molecule has 0 spiro atoms. The van der Waals surface area contributed by atoms with Gasteiger partial charge in [-0.05, 0) is 70.3 Å². The SMILES string of the molecule is CCCCCCCC/C=C\CCCCCCCCCC(=O)O[C@H](COC(=O)CCC/C=C\C/C=C\C/C=C\C=C\C(=O)CCCCC)COP(=O)(O)OCC[N+](C)(C)C. The van der Waals surface area contributed by atoms with E-state index in [2.05, 4.69) is 38.2 Å². The standard InChI is InChI=1S/C48H84NO9P/c1-6-8-10-11-12-13-14-15-16-17-18-19-22-26-29-32-36-40-48(52)58-46(44-57-59(53,54)56-42-41-49(3,4)5)43-55-47(51)39-35-31-28-25-23-20-21-24-27-30-34-38-45(50)37-33-9-7-2/h15-16,20-21,25,27-28,30,34,38,46H,6-14,17-19,22-24,26,29,31-33,35-37,39-44H2,1-5H3/p+1/b16-15-,21-20-,28-25-,30-27-,38-34+/t46-/m1/s1. The van der Waals surface area contributed by atoms with Crippen LogP contribution in [0.25, 0.3) is 0 Å². The molecular weight excluding hydrogens is 766 g/mol. The molecule has 340 valence electrons. The Kier molecular flexibility index (Phi) is 37.8. The van der Waals surface area contributed by atoms with Crippen LogP contribution >= 0.6 is 7.82 Å². The third-order valence-electron chi connectivity index (χ3n) is 9.50. The topological polar surface area (TPSA) is 125 Å². The molecule has 2 atom stereocenters. The van der Waals surface area contributed by atoms with Crippen molar-refractivity contribution in [1.82, 2.24) is 0 Å². The molecule has 0 heterocycles. The van der Waals surface area contributed by atoms with E-state index in [0.29, 0.717) is 36.7 Å². The van der Waals surface area contributed by atoms with Gasteiger partial charge in [-0.25, -0.2) is 4.57 Å². The second-order valence-electron chi connectivity index (χ2n) is 16.5. The quantitative estimate of drug-likeness (QED) is 0.0122. The van der Waals surface area contributed by atoms with Gasteiger partial charge in [-0.1, -0.05) is 146 Å². The Hall–Kier alpha value is -2.62. The Morgan fingerprint density at radius 1 is 0.576 bits per heavy atom. The van der Waals surface area contributed by atoms with Gasteiger partial charge in [-0.2, -0.15) is 0 Å². The molecule has 0 aromatic rings. The van der Waals surface area contributed by atoms with Crippen LogP contribution in [-0.4, -0.2) is 80.7 Å². The van der Waals surface area contributed by atoms with Gasteiger partial charge in [0.25, 0.3) is 0 Å². The summed E-state index contributed by atoms with van der Waals surface area (Å²) in [5.41, 5.74) is 0. The highest BCUT2D eigenvalue weighted by molar-refractivity contribution is 7.47. The lowest BCUT2D eigenvalue weighted by Gasteiger charge is -2.24. The van der Waals surface area contributed by atoms with Crippen molar-refractivity contribution in [3.05, 3.63) is 60.8 Å². The van der Waals surface area contributed by atoms with Gasteiger partial charge in [0, 0.05) is 19.3 Å². The predicted molar refractivity (Wildman–Crippen MR) is 243 cm³/mol. The van der Waals surface area contributed by atoms with Gasteiger partial charge in [0.2, 0.25) is 0 Å². The maximum absolute atomic E-state index is 12.7. The molecule has 1 unspecified atom stereocenters. The number of carbonyl (C=O) groups is 3. The fourth-order valence-corrected chi connectivity index (χ4v) is 6.58. The van der Waals surface area contributed by atoms with E-state index in [0.717, 1.165) is 57.8 Å². The largest absolute Gasteiger partial charge is 0.472 e. The number of rotatable bonds is 41. The minimum atomic E-state index is -4.40. The fourth-order valence-electron chi connectivity index (χ4n) is 5.84. The number of unbranched alkanes of at least 4 members (excludes halogenated alkanes) is 16. The molecule has 59 heavy (non-hydrogen) atoms. The van der Waals surface area contributed by atoms with Crippen LogP contribution in [0.4, 0.5) is 0 Å². The number of quaternary nitrogens is 1. The van der Waals surface area contributed by atoms with Crippen LogP contribution in [-0.2, 0) is 37.5 Å². The Balaban J connectivity index is 4.48. The highest BCUT2D eigenvalue weighted by Gasteiger charge is 2.27. The van der Waals surface area contributed by atoms with E-state index in [1.807, 2.05) is 45.4 Å². The van der Waals surface area contributed by atoms with Crippen molar-refractivity contribution in [3.8, 4) is 0 Å². The van der Waals surface area contributed by atoms with Gasteiger partial charge in [0.05, 0.1) is 27.7 Å². The smallest absolute Gasteiger partial charge is 0.462 e. The second-order valence-corrected chi connectivity index (χ2v) is 17.9. The summed E-state index contributed by atoms with van der Waals surface area (Å²) in [5, 5.41) is 0. The van der Waals surface area contributed by atoms with Gasteiger partial charge in [0.15, 0.2) is 11.9 Å². The summed E-state index contributed by atoms with van der Waals surface area (Å²) in [6.45, 7) is 4.16. The highest BCUT2D eigenvalue weighted by Crippen LogP contribution is 2.43. The number of hydrogen-bond donors (Lipinski definition) is 1. The summed E-state index contributed by atoms with van der Waals surface area (Å²) in [4.78, 5) is 47.1. The molecular formula is C48H85NO9P+. The molecule has 10 nitrogen and oxygen atoms in total. The molecule has 0 saturated heterocycles. The molecule has 0 aromatic carbocycles. The molecule has 0 amide bonds. The number of allylic oxidation sites excluding steroid dienone is 10. The zero-order chi connectivity index (χ0) is 43.7. The molecule has 0 aliphatic rings. The summed E-state index contributed by atoms with van der Waals surface area (Å²) < 4.78 is 34.2. The van der Waals surface area contributed by atoms with Crippen molar-refractivity contribution in [3.63, 3.8) is 0 Å². The molecule has 0 bridgehead atoms. The normalized spacial score (nSPS) is 14.0. The van der Waals surface area contributed by atoms with E-state index < -0.39 is 32.5 Å². The van der Waals surface area contributed by atoms with Gasteiger partial charge in [-0.15, -0.1) is 0 Å². The van der Waals surface area contributed by atoms with Crippen molar-refractivity contribution in [2.45, 2.75) is 180 Å². The van der Waals surface area contributed by atoms with Crippen LogP contribution in [0, 0.1) is 0 Å². The third kappa shape index (κ3) is 43.3. The van der Waals surface area contributed by atoms with Gasteiger partial charge in [0.1, 0.15) is 19.8 Å². The first-order valence-corrected chi connectivity index (χ1v) is 24.5. The summed E-state index contributed by atoms with van der Waals surface area (Å²) in [6.07, 6.45) is 44.0. The van der Waals surface area contributed by atoms with E-state index in [-0.39, 0.29) is 31.8 Å². The first-order chi connectivity index (χ1) is 28.4. The first-order valence-electron chi connectivity index (χ1n) is 23.0. The Morgan fingerprint density at radius 2 is 1.08 bits per heavy atom. The molecule has 0 aliphatic carbocycles. The molecule has 0 fully saturated rings. The highest BCUT2D eigenvalue weighted by atomic mass is 31.2. The average molecular weight is 851 g/mol. The van der Waals surface area contributed by atoms with Crippen molar-refractivity contribution in [2.75, 3.05) is 47.5 Å². The Labute approximate surface area is 360 Å². The number of carbonyl (C=O) groups excluding carboxylic acids is 3. The van der Waals surface area contributed by atoms with E-state index in [1.165, 1.54) is 64.2 Å². The fraction of sp³-hybridized carbons (Fsp3) is 0.729. The first kappa shape index (κ1) is 56.4. The number of nitrogens with zero attached hydrogens (tertiary/aromatic N) is 1. The zero-order valence-electron chi connectivity index (χ0n) is 38.0. The maximum Gasteiger partial charge on any atom is 0.472 e. The Morgan fingerprint density at radius 3 is 1.73 bits per heavy atom. The molecule has 1 N–H and O–H groups in total. The van der Waals surface area contributed by atoms with Crippen LogP contribution in [0.5, 0.6) is 0 Å². The van der Waals surface area contributed by atoms with Crippen molar-refractivity contribution in [1.29, 1.82) is 0 Å². The second kappa shape index (κ2) is 39.5. The number of esters is 2. The minimum Gasteiger partial charge on any atom is -0.462 e. The van der Waals surface area contributed by atoms with Crippen LogP contribution in [0.1, 0.15) is 174 Å². The minimum absolute atomic E-state index is 0.0103. The van der Waals surface area contributed by atoms with E-state index in [4.69, 9.17) is 18.5 Å². The summed E-state index contributed by atoms with van der Waals surface area (Å²) in [7, 11) is 1.40. The molecule has 0 aromatic heterocycles. The number of likely N-dealkylation sites (N-methyl/N-ethyl adjacent to an activating group) is 1. The van der Waals surface area contributed by atoms with E-state index in [1.54, 1.807) is 12.2 Å². The number of phosphoric acid groups is 1. The van der Waals surface area contributed by atoms with Crippen LogP contribution < -0.4 is 0 Å². The molecule has 0 rings (SSSR count). The molecule has 0 radical (unpaired) electrons. The molecule has 0 saturated carbocycles. The predicted octanol–water partition coefficient (Wildman–Crippen LogP) is 12.4. The lowest BCUT2D eigenvalue weighted by atomic mass is 10.1. The lowest BCUT2D eigenvalue weighted by molar-refractivity contribution is -0.870. The summed E-state index contributed by atoms with van der Waals surface area (Å²) >= 11 is 0. The van der Waals surface area contributed by atoms with Crippen LogP contribution in [0.15, 0.2) is 60.8 Å². The maximum atomic E-state index is 12.7. The summed E-state index contributed by atoms with van der Waals surface area (Å²) in [5.74, 6) is -0.735. The number of hydrogen-bond acceptors (Lipinski definition) is 8. The van der Waals surface area contributed by atoms with Crippen molar-refractivity contribution < 1.29 is 46.8 Å². The third-order valence-corrected chi connectivity index (χ3v) is 10.5. The number of ketones is 1. The summed E-state index contributed by atoms with van der Waals surface area (Å²) in [6, 6.07) is 0. The molecule has 11 heteroatoms. The van der Waals surface area contributed by atoms with E-state index >= 15 is 0 Å². The molecule has 0 aliphatic heterocycles. The van der Waals surface area contributed by atoms with Gasteiger partial charge < -0.3 is 18.9 Å². The van der Waals surface area contributed by atoms with Crippen molar-refractivity contribution in [2.24, 2.45) is 0 Å². The lowest BCUT2D eigenvalue weighted by Crippen LogP contribution is -2.37. The average Bonchev–Trinajstić information content (AvgIpc) is 3.18. The Bertz CT molecular complexity index is 1250. The number of ether oxygens (including phenoxy) is 2. The van der Waals surface area contributed by atoms with Gasteiger partial charge >= 0.3 is 19.8 Å². The van der Waals surface area contributed by atoms with Crippen LogP contribution in [0.2, 0.25) is 0 Å². The monoisotopic (exact) mass is 851 g/mol. The zero-order valence-corrected chi connectivity index (χ0v) is 38.9. The number of phosphoric ester groups is 1.